The first-order valence-electron chi connectivity index (χ1n) is 3.91. The Morgan fingerprint density at radius 2 is 2.21 bits per heavy atom. The molecule has 0 aliphatic heterocycles. The summed E-state index contributed by atoms with van der Waals surface area (Å²) >= 11 is -0.159. The molecule has 14 heavy (non-hydrogen) atoms. The van der Waals surface area contributed by atoms with Gasteiger partial charge in [0.1, 0.15) is 5.75 Å². The van der Waals surface area contributed by atoms with Crippen molar-refractivity contribution in [2.75, 3.05) is 6.61 Å². The Balaban J connectivity index is 2.73. The molecular formula is C9H8F3OS. The maximum Gasteiger partial charge on any atom is 0.446 e. The molecule has 1 radical (unpaired) electrons. The summed E-state index contributed by atoms with van der Waals surface area (Å²) in [7, 11) is 0. The third kappa shape index (κ3) is 3.91. The Morgan fingerprint density at radius 1 is 1.50 bits per heavy atom. The van der Waals surface area contributed by atoms with Crippen molar-refractivity contribution in [2.45, 2.75) is 17.3 Å². The van der Waals surface area contributed by atoms with Crippen LogP contribution in [-0.4, -0.2) is 12.1 Å². The van der Waals surface area contributed by atoms with Crippen LogP contribution >= 0.6 is 11.8 Å². The second kappa shape index (κ2) is 4.59. The van der Waals surface area contributed by atoms with Crippen molar-refractivity contribution in [1.82, 2.24) is 0 Å². The summed E-state index contributed by atoms with van der Waals surface area (Å²) in [5.41, 5.74) is -4.26. The highest BCUT2D eigenvalue weighted by Crippen LogP contribution is 2.37. The number of halogens is 3. The molecule has 0 saturated heterocycles. The van der Waals surface area contributed by atoms with Gasteiger partial charge >= 0.3 is 5.51 Å². The summed E-state index contributed by atoms with van der Waals surface area (Å²) in [5.74, 6) is 0.335. The summed E-state index contributed by atoms with van der Waals surface area (Å²) in [5, 5.41) is 0. The van der Waals surface area contributed by atoms with Gasteiger partial charge in [0, 0.05) is 11.0 Å². The van der Waals surface area contributed by atoms with Crippen molar-refractivity contribution in [1.29, 1.82) is 0 Å². The molecule has 0 aromatic heterocycles. The van der Waals surface area contributed by atoms with Crippen LogP contribution in [0.2, 0.25) is 0 Å². The second-order valence-electron chi connectivity index (χ2n) is 2.37. The average molecular weight is 221 g/mol. The third-order valence-corrected chi connectivity index (χ3v) is 2.00. The van der Waals surface area contributed by atoms with Crippen LogP contribution in [0.1, 0.15) is 6.92 Å². The molecule has 0 atom stereocenters. The minimum atomic E-state index is -4.26. The molecule has 0 N–H and O–H groups in total. The highest BCUT2D eigenvalue weighted by molar-refractivity contribution is 8.00. The molecule has 0 unspecified atom stereocenters. The van der Waals surface area contributed by atoms with Gasteiger partial charge < -0.3 is 4.74 Å². The maximum atomic E-state index is 12.0. The Kier molecular flexibility index (Phi) is 3.69. The van der Waals surface area contributed by atoms with E-state index < -0.39 is 5.51 Å². The lowest BCUT2D eigenvalue weighted by Gasteiger charge is -2.07. The van der Waals surface area contributed by atoms with E-state index in [1.807, 2.05) is 0 Å². The minimum absolute atomic E-state index is 0.111. The highest BCUT2D eigenvalue weighted by atomic mass is 32.2. The molecule has 0 heterocycles. The fraction of sp³-hybridized carbons (Fsp3) is 0.333. The molecule has 0 spiro atoms. The van der Waals surface area contributed by atoms with Gasteiger partial charge in [0.2, 0.25) is 0 Å². The van der Waals surface area contributed by atoms with Gasteiger partial charge in [-0.3, -0.25) is 0 Å². The van der Waals surface area contributed by atoms with Crippen LogP contribution in [0.4, 0.5) is 13.2 Å². The molecule has 1 rings (SSSR count). The van der Waals surface area contributed by atoms with Crippen LogP contribution in [0.5, 0.6) is 5.75 Å². The smallest absolute Gasteiger partial charge is 0.446 e. The van der Waals surface area contributed by atoms with Gasteiger partial charge in [-0.2, -0.15) is 13.2 Å². The average Bonchev–Trinajstić information content (AvgIpc) is 2.02. The fourth-order valence-corrected chi connectivity index (χ4v) is 1.43. The molecule has 5 heteroatoms. The van der Waals surface area contributed by atoms with Gasteiger partial charge in [-0.05, 0) is 36.9 Å². The predicted molar refractivity (Wildman–Crippen MR) is 48.4 cm³/mol. The van der Waals surface area contributed by atoms with E-state index in [4.69, 9.17) is 4.74 Å². The SMILES string of the molecule is CCOc1[c]ccc(SC(F)(F)F)c1. The fourth-order valence-electron chi connectivity index (χ4n) is 0.861. The number of benzene rings is 1. The second-order valence-corrected chi connectivity index (χ2v) is 3.51. The van der Waals surface area contributed by atoms with Gasteiger partial charge in [0.05, 0.1) is 6.61 Å². The van der Waals surface area contributed by atoms with Crippen molar-refractivity contribution in [3.63, 3.8) is 0 Å². The summed E-state index contributed by atoms with van der Waals surface area (Å²) in [6.07, 6.45) is 0. The largest absolute Gasteiger partial charge is 0.493 e. The van der Waals surface area contributed by atoms with E-state index in [1.165, 1.54) is 18.2 Å². The van der Waals surface area contributed by atoms with Crippen molar-refractivity contribution < 1.29 is 17.9 Å². The molecule has 1 aromatic rings. The summed E-state index contributed by atoms with van der Waals surface area (Å²) < 4.78 is 40.9. The third-order valence-electron chi connectivity index (χ3n) is 1.28. The van der Waals surface area contributed by atoms with Crippen molar-refractivity contribution in [3.8, 4) is 5.75 Å². The van der Waals surface area contributed by atoms with Crippen LogP contribution in [0.3, 0.4) is 0 Å². The van der Waals surface area contributed by atoms with Crippen LogP contribution in [0.15, 0.2) is 23.1 Å². The molecular weight excluding hydrogens is 213 g/mol. The van der Waals surface area contributed by atoms with Crippen LogP contribution in [0, 0.1) is 6.07 Å². The lowest BCUT2D eigenvalue weighted by molar-refractivity contribution is -0.0328. The molecule has 1 nitrogen and oxygen atoms in total. The molecule has 0 amide bonds. The van der Waals surface area contributed by atoms with Crippen molar-refractivity contribution in [2.24, 2.45) is 0 Å². The van der Waals surface area contributed by atoms with Gasteiger partial charge in [-0.25, -0.2) is 0 Å². The zero-order valence-corrected chi connectivity index (χ0v) is 8.21. The van der Waals surface area contributed by atoms with Gasteiger partial charge in [-0.1, -0.05) is 0 Å². The van der Waals surface area contributed by atoms with E-state index in [1.54, 1.807) is 6.92 Å². The lowest BCUT2D eigenvalue weighted by atomic mass is 10.3. The van der Waals surface area contributed by atoms with Crippen LogP contribution in [-0.2, 0) is 0 Å². The topological polar surface area (TPSA) is 9.23 Å². The zero-order chi connectivity index (χ0) is 10.6. The Bertz CT molecular complexity index is 298. The summed E-state index contributed by atoms with van der Waals surface area (Å²) in [4.78, 5) is 0.111. The minimum Gasteiger partial charge on any atom is -0.493 e. The summed E-state index contributed by atoms with van der Waals surface area (Å²) in [6.45, 7) is 2.17. The number of hydrogen-bond acceptors (Lipinski definition) is 2. The molecule has 77 valence electrons. The summed E-state index contributed by atoms with van der Waals surface area (Å²) in [6, 6.07) is 6.78. The van der Waals surface area contributed by atoms with E-state index >= 15 is 0 Å². The first kappa shape index (κ1) is 11.2. The van der Waals surface area contributed by atoms with E-state index in [0.29, 0.717) is 12.4 Å². The predicted octanol–water partition coefficient (Wildman–Crippen LogP) is 3.50. The Morgan fingerprint density at radius 3 is 2.79 bits per heavy atom. The monoisotopic (exact) mass is 221 g/mol. The number of thioether (sulfide) groups is 1. The Labute approximate surface area is 84.3 Å². The van der Waals surface area contributed by atoms with E-state index in [0.717, 1.165) is 0 Å². The lowest BCUT2D eigenvalue weighted by Crippen LogP contribution is -1.99. The van der Waals surface area contributed by atoms with Crippen LogP contribution < -0.4 is 4.74 Å². The maximum absolute atomic E-state index is 12.0. The molecule has 0 aliphatic rings. The number of hydrogen-bond donors (Lipinski definition) is 0. The van der Waals surface area contributed by atoms with Crippen molar-refractivity contribution in [3.05, 3.63) is 24.3 Å². The number of alkyl halides is 3. The van der Waals surface area contributed by atoms with Gasteiger partial charge in [0.15, 0.2) is 0 Å². The highest BCUT2D eigenvalue weighted by Gasteiger charge is 2.29. The Hall–Kier alpha value is -0.840. The van der Waals surface area contributed by atoms with E-state index in [2.05, 4.69) is 6.07 Å². The van der Waals surface area contributed by atoms with E-state index in [9.17, 15) is 13.2 Å². The van der Waals surface area contributed by atoms with Gasteiger partial charge in [0.25, 0.3) is 0 Å². The molecule has 0 saturated carbocycles. The first-order chi connectivity index (χ1) is 6.51. The standard InChI is InChI=1S/C9H8F3OS/c1-2-13-7-4-3-5-8(6-7)14-9(10,11)12/h3,5-6H,2H2,1H3. The van der Waals surface area contributed by atoms with Crippen molar-refractivity contribution >= 4 is 11.8 Å². The first-order valence-corrected chi connectivity index (χ1v) is 4.73. The number of rotatable bonds is 3. The number of ether oxygens (including phenoxy) is 1. The quantitative estimate of drug-likeness (QED) is 0.722. The van der Waals surface area contributed by atoms with Crippen LogP contribution in [0.25, 0.3) is 0 Å². The molecule has 0 aliphatic carbocycles. The molecule has 0 bridgehead atoms. The molecule has 1 aromatic carbocycles. The van der Waals surface area contributed by atoms with E-state index in [-0.39, 0.29) is 16.7 Å². The van der Waals surface area contributed by atoms with Gasteiger partial charge in [-0.15, -0.1) is 0 Å². The normalized spacial score (nSPS) is 11.4. The zero-order valence-electron chi connectivity index (χ0n) is 7.39. The molecule has 0 fully saturated rings.